The maximum Gasteiger partial charge on any atom is 0.219 e. The second kappa shape index (κ2) is 10.9. The number of carbonyl (C=O) groups is 2. The third-order valence-electron chi connectivity index (χ3n) is 6.99. The van der Waals surface area contributed by atoms with Gasteiger partial charge in [0, 0.05) is 38.5 Å². The van der Waals surface area contributed by atoms with Gasteiger partial charge in [0.15, 0.2) is 5.78 Å². The number of aromatic nitrogens is 2. The predicted molar refractivity (Wildman–Crippen MR) is 127 cm³/mol. The fraction of sp³-hybridized carbons (Fsp3) is 0.538. The average Bonchev–Trinajstić information content (AvgIpc) is 3.25. The van der Waals surface area contributed by atoms with E-state index in [1.54, 1.807) is 13.0 Å². The maximum atomic E-state index is 12.6. The number of nitrogens with zero attached hydrogens (tertiary/aromatic N) is 3. The lowest BCUT2D eigenvalue weighted by molar-refractivity contribution is -0.129. The first-order valence-electron chi connectivity index (χ1n) is 12.1. The predicted octanol–water partition coefficient (Wildman–Crippen LogP) is 3.42. The van der Waals surface area contributed by atoms with E-state index in [1.807, 2.05) is 4.90 Å². The Morgan fingerprint density at radius 3 is 2.48 bits per heavy atom. The molecular weight excluding hydrogens is 416 g/mol. The van der Waals surface area contributed by atoms with Crippen LogP contribution < -0.4 is 5.32 Å². The molecule has 2 heterocycles. The highest BCUT2D eigenvalue weighted by atomic mass is 16.3. The topological polar surface area (TPSA) is 95.4 Å². The van der Waals surface area contributed by atoms with Crippen molar-refractivity contribution in [3.63, 3.8) is 0 Å². The summed E-state index contributed by atoms with van der Waals surface area (Å²) in [6.07, 6.45) is 7.26. The molecule has 2 aromatic rings. The Balaban J connectivity index is 1.19. The number of carbonyl (C=O) groups excluding carboxylic acids is 2. The lowest BCUT2D eigenvalue weighted by Crippen LogP contribution is -2.41. The van der Waals surface area contributed by atoms with Crippen molar-refractivity contribution >= 4 is 17.5 Å². The van der Waals surface area contributed by atoms with Gasteiger partial charge in [0.25, 0.3) is 0 Å². The van der Waals surface area contributed by atoms with Crippen LogP contribution in [0.15, 0.2) is 36.7 Å². The van der Waals surface area contributed by atoms with E-state index in [2.05, 4.69) is 39.6 Å². The Hall–Kier alpha value is -2.80. The van der Waals surface area contributed by atoms with Gasteiger partial charge in [-0.05, 0) is 62.0 Å². The molecule has 0 bridgehead atoms. The number of hydrogen-bond acceptors (Lipinski definition) is 6. The van der Waals surface area contributed by atoms with Crippen molar-refractivity contribution in [2.75, 3.05) is 18.4 Å². The van der Waals surface area contributed by atoms with E-state index >= 15 is 0 Å². The van der Waals surface area contributed by atoms with Crippen molar-refractivity contribution in [1.29, 1.82) is 0 Å². The number of rotatable bonds is 9. The largest absolute Gasteiger partial charge is 0.393 e. The van der Waals surface area contributed by atoms with E-state index < -0.39 is 6.10 Å². The van der Waals surface area contributed by atoms with Gasteiger partial charge in [0.2, 0.25) is 5.91 Å². The summed E-state index contributed by atoms with van der Waals surface area (Å²) in [6.45, 7) is 3.06. The minimum absolute atomic E-state index is 0.0702. The molecule has 1 aliphatic carbocycles. The first kappa shape index (κ1) is 23.4. The normalized spacial score (nSPS) is 17.6. The van der Waals surface area contributed by atoms with E-state index in [4.69, 9.17) is 0 Å². The molecule has 1 fully saturated rings. The second-order valence-electron chi connectivity index (χ2n) is 9.45. The molecular formula is C26H34N4O3. The Labute approximate surface area is 195 Å². The first-order chi connectivity index (χ1) is 16.0. The molecule has 1 aliphatic heterocycles. The monoisotopic (exact) mass is 450 g/mol. The lowest BCUT2D eigenvalue weighted by Gasteiger charge is -2.31. The van der Waals surface area contributed by atoms with Crippen LogP contribution >= 0.6 is 0 Å². The number of aliphatic hydroxyl groups is 1. The Morgan fingerprint density at radius 1 is 1.12 bits per heavy atom. The number of nitrogens with one attached hydrogen (secondary N) is 1. The van der Waals surface area contributed by atoms with Gasteiger partial charge in [-0.15, -0.1) is 0 Å². The molecule has 7 nitrogen and oxygen atoms in total. The van der Waals surface area contributed by atoms with Crippen molar-refractivity contribution in [2.45, 2.75) is 70.4 Å². The zero-order chi connectivity index (χ0) is 23.2. The average molecular weight is 451 g/mol. The number of ketones is 1. The van der Waals surface area contributed by atoms with E-state index in [-0.39, 0.29) is 24.2 Å². The highest BCUT2D eigenvalue weighted by molar-refractivity contribution is 5.94. The summed E-state index contributed by atoms with van der Waals surface area (Å²) in [4.78, 5) is 34.4. The molecule has 2 aliphatic rings. The molecule has 1 aromatic heterocycles. The van der Waals surface area contributed by atoms with Gasteiger partial charge in [-0.25, -0.2) is 9.97 Å². The molecule has 176 valence electrons. The van der Waals surface area contributed by atoms with Crippen LogP contribution in [0.1, 0.15) is 67.1 Å². The number of aliphatic hydroxyl groups excluding tert-OH is 1. The maximum absolute atomic E-state index is 12.6. The molecule has 7 heteroatoms. The van der Waals surface area contributed by atoms with Crippen LogP contribution in [-0.2, 0) is 17.6 Å². The zero-order valence-electron chi connectivity index (χ0n) is 19.4. The fourth-order valence-electron chi connectivity index (χ4n) is 4.99. The third-order valence-corrected chi connectivity index (χ3v) is 6.99. The highest BCUT2D eigenvalue weighted by Gasteiger charge is 2.23. The second-order valence-corrected chi connectivity index (χ2v) is 9.45. The Morgan fingerprint density at radius 2 is 1.82 bits per heavy atom. The molecule has 4 rings (SSSR count). The molecule has 1 saturated heterocycles. The number of likely N-dealkylation sites (tertiary alicyclic amines) is 1. The zero-order valence-corrected chi connectivity index (χ0v) is 19.4. The molecule has 1 atom stereocenters. The van der Waals surface area contributed by atoms with Crippen LogP contribution in [0.5, 0.6) is 0 Å². The van der Waals surface area contributed by atoms with Crippen LogP contribution in [0.2, 0.25) is 0 Å². The molecule has 1 unspecified atom stereocenters. The lowest BCUT2D eigenvalue weighted by atomic mass is 9.96. The van der Waals surface area contributed by atoms with Crippen LogP contribution in [0, 0.1) is 5.92 Å². The smallest absolute Gasteiger partial charge is 0.219 e. The van der Waals surface area contributed by atoms with Crippen LogP contribution in [0.25, 0.3) is 0 Å². The van der Waals surface area contributed by atoms with Gasteiger partial charge >= 0.3 is 0 Å². The van der Waals surface area contributed by atoms with Gasteiger partial charge in [-0.1, -0.05) is 24.3 Å². The van der Waals surface area contributed by atoms with E-state index in [1.165, 1.54) is 17.5 Å². The number of hydrogen-bond donors (Lipinski definition) is 2. The fourth-order valence-corrected chi connectivity index (χ4v) is 4.99. The van der Waals surface area contributed by atoms with Gasteiger partial charge in [0.05, 0.1) is 6.10 Å². The van der Waals surface area contributed by atoms with E-state index in [0.29, 0.717) is 23.9 Å². The standard InChI is InChI=1S/C26H34N4O3/c1-18(31)30-12-10-22(11-13-30)29-26-16-24(27-17-28-26)25(33)9-8-23(32)7-6-19-14-20-4-2-3-5-21(20)15-19/h2-5,16-17,19,22-23,32H,6-15H2,1H3,(H,27,28,29). The van der Waals surface area contributed by atoms with Crippen LogP contribution in [0.4, 0.5) is 5.82 Å². The van der Waals surface area contributed by atoms with Crippen molar-refractivity contribution < 1.29 is 14.7 Å². The molecule has 0 saturated carbocycles. The minimum atomic E-state index is -0.469. The number of amides is 1. The van der Waals surface area contributed by atoms with Crippen molar-refractivity contribution in [2.24, 2.45) is 5.92 Å². The Kier molecular flexibility index (Phi) is 7.70. The van der Waals surface area contributed by atoms with Gasteiger partial charge in [-0.3, -0.25) is 9.59 Å². The first-order valence-corrected chi connectivity index (χ1v) is 12.1. The molecule has 0 radical (unpaired) electrons. The summed E-state index contributed by atoms with van der Waals surface area (Å²) >= 11 is 0. The molecule has 0 spiro atoms. The summed E-state index contributed by atoms with van der Waals surface area (Å²) < 4.78 is 0. The van der Waals surface area contributed by atoms with Crippen molar-refractivity contribution in [3.05, 3.63) is 53.5 Å². The van der Waals surface area contributed by atoms with Crippen molar-refractivity contribution in [3.8, 4) is 0 Å². The molecule has 2 N–H and O–H groups in total. The summed E-state index contributed by atoms with van der Waals surface area (Å²) in [7, 11) is 0. The number of benzene rings is 1. The number of Topliss-reactive ketones (excluding diaryl/α,β-unsaturated/α-hetero) is 1. The van der Waals surface area contributed by atoms with E-state index in [0.717, 1.165) is 51.6 Å². The number of piperidine rings is 1. The summed E-state index contributed by atoms with van der Waals surface area (Å²) in [5.41, 5.74) is 3.25. The summed E-state index contributed by atoms with van der Waals surface area (Å²) in [6, 6.07) is 10.5. The van der Waals surface area contributed by atoms with Gasteiger partial charge in [0.1, 0.15) is 17.8 Å². The minimum Gasteiger partial charge on any atom is -0.393 e. The van der Waals surface area contributed by atoms with Gasteiger partial charge < -0.3 is 15.3 Å². The number of anilines is 1. The summed E-state index contributed by atoms with van der Waals surface area (Å²) in [5.74, 6) is 1.26. The summed E-state index contributed by atoms with van der Waals surface area (Å²) in [5, 5.41) is 13.8. The molecule has 33 heavy (non-hydrogen) atoms. The molecule has 1 aromatic carbocycles. The number of fused-ring (bicyclic) bond motifs is 1. The Bertz CT molecular complexity index is 947. The van der Waals surface area contributed by atoms with Gasteiger partial charge in [-0.2, -0.15) is 0 Å². The SMILES string of the molecule is CC(=O)N1CCC(Nc2cc(C(=O)CCC(O)CCC3Cc4ccccc4C3)ncn2)CC1. The molecule has 1 amide bonds. The third kappa shape index (κ3) is 6.38. The van der Waals surface area contributed by atoms with Crippen LogP contribution in [0.3, 0.4) is 0 Å². The van der Waals surface area contributed by atoms with E-state index in [9.17, 15) is 14.7 Å². The van der Waals surface area contributed by atoms with Crippen molar-refractivity contribution in [1.82, 2.24) is 14.9 Å². The quantitative estimate of drug-likeness (QED) is 0.569. The van der Waals surface area contributed by atoms with Crippen LogP contribution in [-0.4, -0.2) is 56.9 Å². The highest BCUT2D eigenvalue weighted by Crippen LogP contribution is 2.30.